The van der Waals surface area contributed by atoms with Crippen molar-refractivity contribution in [3.63, 3.8) is 0 Å². The van der Waals surface area contributed by atoms with Crippen LogP contribution in [-0.2, 0) is 32.0 Å². The van der Waals surface area contributed by atoms with Crippen molar-refractivity contribution in [2.45, 2.75) is 37.4 Å². The summed E-state index contributed by atoms with van der Waals surface area (Å²) < 4.78 is 0. The number of hydrogen-bond acceptors (Lipinski definition) is 9. The zero-order valence-corrected chi connectivity index (χ0v) is 15.8. The zero-order valence-electron chi connectivity index (χ0n) is 11.9. The summed E-state index contributed by atoms with van der Waals surface area (Å²) >= 11 is 8.59. The number of carbonyl (C=O) groups excluding carboxylic acids is 1. The maximum Gasteiger partial charge on any atom is 0.327 e. The quantitative estimate of drug-likeness (QED) is 0.0943. The number of thiocarbonyl (C=S) groups is 1. The summed E-state index contributed by atoms with van der Waals surface area (Å²) in [6.07, 6.45) is -7.76. The summed E-state index contributed by atoms with van der Waals surface area (Å²) in [6, 6.07) is -1.48. The minimum atomic E-state index is -2.04. The van der Waals surface area contributed by atoms with E-state index >= 15 is 0 Å². The predicted molar refractivity (Wildman–Crippen MR) is 81.5 cm³/mol. The monoisotopic (exact) mass is 554 g/mol. The molecule has 12 heteroatoms. The van der Waals surface area contributed by atoms with Gasteiger partial charge >= 0.3 is 5.97 Å². The third kappa shape index (κ3) is 6.74. The maximum absolute atomic E-state index is 11.6. The minimum Gasteiger partial charge on any atom is -0.480 e. The summed E-state index contributed by atoms with van der Waals surface area (Å²) in [5.74, 6) is -2.54. The third-order valence-corrected chi connectivity index (χ3v) is 3.64. The largest absolute Gasteiger partial charge is 0.480 e. The Balaban J connectivity index is 0. The molecule has 5 atom stereocenters. The molecule has 6 N–H and O–H groups in total. The molecule has 0 aromatic rings. The number of aliphatic hydroxyl groups is 5. The van der Waals surface area contributed by atoms with Crippen LogP contribution in [0, 0.1) is 0 Å². The first-order valence-electron chi connectivity index (χ1n) is 6.10. The first-order chi connectivity index (χ1) is 10.1. The number of hydrogen-bond donors (Lipinski definition) is 7. The van der Waals surface area contributed by atoms with Crippen molar-refractivity contribution in [1.82, 2.24) is 4.90 Å². The Morgan fingerprint density at radius 3 is 1.96 bits per heavy atom. The van der Waals surface area contributed by atoms with E-state index in [1.807, 2.05) is 0 Å². The molecule has 0 saturated carbocycles. The van der Waals surface area contributed by atoms with E-state index in [-0.39, 0.29) is 28.1 Å². The molecule has 0 aromatic carbocycles. The van der Waals surface area contributed by atoms with Crippen LogP contribution in [0.4, 0.5) is 0 Å². The Hall–Kier alpha value is -0.0797. The molecule has 0 aliphatic carbocycles. The van der Waals surface area contributed by atoms with Crippen LogP contribution in [0.2, 0.25) is 0 Å². The normalized spacial score (nSPS) is 17.2. The van der Waals surface area contributed by atoms with E-state index < -0.39 is 53.9 Å². The summed E-state index contributed by atoms with van der Waals surface area (Å²) in [6.45, 7) is 0.117. The average Bonchev–Trinajstić information content (AvgIpc) is 2.47. The van der Waals surface area contributed by atoms with Crippen molar-refractivity contribution in [3.8, 4) is 0 Å². The van der Waals surface area contributed by atoms with Gasteiger partial charge in [0.2, 0.25) is 5.91 Å². The van der Waals surface area contributed by atoms with Crippen molar-refractivity contribution < 1.29 is 62.6 Å². The van der Waals surface area contributed by atoms with Crippen molar-refractivity contribution >= 4 is 41.7 Å². The molecule has 0 fully saturated rings. The van der Waals surface area contributed by atoms with E-state index in [9.17, 15) is 30.0 Å². The van der Waals surface area contributed by atoms with Gasteiger partial charge in [-0.3, -0.25) is 9.69 Å². The van der Waals surface area contributed by atoms with Crippen LogP contribution < -0.4 is 0 Å². The van der Waals surface area contributed by atoms with Crippen molar-refractivity contribution in [3.05, 3.63) is 0 Å². The second kappa shape index (κ2) is 11.5. The topological polar surface area (TPSA) is 159 Å². The molecule has 0 aromatic heterocycles. The number of rotatable bonds is 8. The average molecular weight is 554 g/mol. The number of aliphatic carboxylic acids is 1. The molecule has 9 nitrogen and oxygen atoms in total. The van der Waals surface area contributed by atoms with Gasteiger partial charge in [-0.25, -0.2) is 4.79 Å². The van der Waals surface area contributed by atoms with Crippen molar-refractivity contribution in [1.29, 1.82) is 0 Å². The van der Waals surface area contributed by atoms with E-state index in [4.69, 9.17) is 22.4 Å². The van der Waals surface area contributed by atoms with Gasteiger partial charge < -0.3 is 30.6 Å². The van der Waals surface area contributed by atoms with E-state index in [0.717, 1.165) is 6.92 Å². The molecule has 139 valence electrons. The second-order valence-electron chi connectivity index (χ2n) is 4.44. The molecule has 1 amide bonds. The van der Waals surface area contributed by atoms with E-state index in [1.165, 1.54) is 0 Å². The number of aliphatic hydroxyl groups excluding tert-OH is 5. The summed E-state index contributed by atoms with van der Waals surface area (Å²) in [5.41, 5.74) is 0. The van der Waals surface area contributed by atoms with Gasteiger partial charge in [-0.15, -0.1) is 0 Å². The number of carbonyl (C=O) groups is 2. The van der Waals surface area contributed by atoms with Gasteiger partial charge in [0.25, 0.3) is 0 Å². The fourth-order valence-corrected chi connectivity index (χ4v) is 2.32. The Labute approximate surface area is 158 Å². The zero-order chi connectivity index (χ0) is 17.6. The maximum atomic E-state index is 11.6. The summed E-state index contributed by atoms with van der Waals surface area (Å²) in [5, 5.41) is 56.1. The smallest absolute Gasteiger partial charge is 0.327 e. The predicted octanol–water partition coefficient (Wildman–Crippen LogP) is -3.02. The Morgan fingerprint density at radius 2 is 1.65 bits per heavy atom. The Bertz CT molecular complexity index is 427. The summed E-state index contributed by atoms with van der Waals surface area (Å²) in [7, 11) is 0. The molecule has 0 unspecified atom stereocenters. The van der Waals surface area contributed by atoms with Gasteiger partial charge in [0.1, 0.15) is 35.4 Å². The molecule has 0 bridgehead atoms. The van der Waals surface area contributed by atoms with Gasteiger partial charge in [-0.2, -0.15) is 12.6 Å². The number of nitrogens with zero attached hydrogens (tertiary/aromatic N) is 1. The minimum absolute atomic E-state index is 0. The molecular formula is C11H19AuNO8S2. The van der Waals surface area contributed by atoms with Crippen molar-refractivity contribution in [2.75, 3.05) is 12.4 Å². The van der Waals surface area contributed by atoms with Crippen LogP contribution in [0.3, 0.4) is 0 Å². The molecular weight excluding hydrogens is 535 g/mol. The fourth-order valence-electron chi connectivity index (χ4n) is 1.61. The number of amides is 1. The molecule has 0 heterocycles. The molecule has 1 radical (unpaired) electrons. The number of carboxylic acid groups (broad SMARTS) is 1. The first-order valence-corrected chi connectivity index (χ1v) is 7.14. The van der Waals surface area contributed by atoms with Gasteiger partial charge in [-0.05, 0) is 0 Å². The van der Waals surface area contributed by atoms with Gasteiger partial charge in [0.05, 0.1) is 6.61 Å². The molecule has 0 rings (SSSR count). The first kappa shape index (κ1) is 25.2. The SMILES string of the molecule is CC(=O)N(C(=S)[C@H](O)[C@@H](O)[C@H](O)[C@H](O)CO)[C@@H](CS)C(=O)O.[Au]. The van der Waals surface area contributed by atoms with E-state index in [2.05, 4.69) is 12.6 Å². The van der Waals surface area contributed by atoms with Crippen LogP contribution in [0.1, 0.15) is 6.92 Å². The van der Waals surface area contributed by atoms with Gasteiger partial charge in [0.15, 0.2) is 0 Å². The Morgan fingerprint density at radius 1 is 1.17 bits per heavy atom. The standard InChI is InChI=1S/C11H19NO8S2.Au/c1-4(14)12(5(3-21)11(19)20)10(22)9(18)8(17)7(16)6(15)2-13;/h5-9,13,15-18,21H,2-3H2,1H3,(H,19,20);/t5-,6+,7+,8-,9+;/m0./s1. The van der Waals surface area contributed by atoms with Crippen LogP contribution in [-0.4, -0.2) is 95.2 Å². The van der Waals surface area contributed by atoms with Crippen molar-refractivity contribution in [2.24, 2.45) is 0 Å². The van der Waals surface area contributed by atoms with Gasteiger partial charge in [-0.1, -0.05) is 12.2 Å². The molecule has 23 heavy (non-hydrogen) atoms. The Kier molecular flexibility index (Phi) is 12.5. The van der Waals surface area contributed by atoms with Crippen LogP contribution in [0.15, 0.2) is 0 Å². The van der Waals surface area contributed by atoms with E-state index in [0.29, 0.717) is 4.90 Å². The fraction of sp³-hybridized carbons (Fsp3) is 0.727. The summed E-state index contributed by atoms with van der Waals surface area (Å²) in [4.78, 5) is 22.6. The molecule has 0 aliphatic heterocycles. The second-order valence-corrected chi connectivity index (χ2v) is 5.22. The van der Waals surface area contributed by atoms with Gasteiger partial charge in [0, 0.05) is 35.1 Å². The molecule has 0 spiro atoms. The number of thiol groups is 1. The number of carboxylic acids is 1. The van der Waals surface area contributed by atoms with Crippen LogP contribution >= 0.6 is 24.8 Å². The molecule has 0 aliphatic rings. The van der Waals surface area contributed by atoms with Crippen LogP contribution in [0.5, 0.6) is 0 Å². The van der Waals surface area contributed by atoms with E-state index in [1.54, 1.807) is 0 Å². The van der Waals surface area contributed by atoms with Crippen LogP contribution in [0.25, 0.3) is 0 Å². The molecule has 0 saturated heterocycles. The third-order valence-electron chi connectivity index (χ3n) is 2.85.